The van der Waals surface area contributed by atoms with Gasteiger partial charge in [-0.1, -0.05) is 43.2 Å². The van der Waals surface area contributed by atoms with E-state index in [4.69, 9.17) is 14.2 Å². The van der Waals surface area contributed by atoms with Gasteiger partial charge in [0.05, 0.1) is 12.7 Å². The van der Waals surface area contributed by atoms with Gasteiger partial charge in [-0.3, -0.25) is 0 Å². The van der Waals surface area contributed by atoms with Crippen molar-refractivity contribution in [1.29, 1.82) is 0 Å². The van der Waals surface area contributed by atoms with Crippen LogP contribution in [-0.4, -0.2) is 26.6 Å². The van der Waals surface area contributed by atoms with E-state index in [-0.39, 0.29) is 6.29 Å². The third-order valence-electron chi connectivity index (χ3n) is 4.17. The Morgan fingerprint density at radius 3 is 2.45 bits per heavy atom. The van der Waals surface area contributed by atoms with Crippen molar-refractivity contribution in [3.8, 4) is 0 Å². The molecular weight excluding hydrogens is 252 g/mol. The summed E-state index contributed by atoms with van der Waals surface area (Å²) in [5, 5.41) is 0. The van der Waals surface area contributed by atoms with Crippen LogP contribution in [-0.2, 0) is 20.8 Å². The van der Waals surface area contributed by atoms with E-state index in [2.05, 4.69) is 24.3 Å². The van der Waals surface area contributed by atoms with Gasteiger partial charge >= 0.3 is 0 Å². The summed E-state index contributed by atoms with van der Waals surface area (Å²) >= 11 is 0. The van der Waals surface area contributed by atoms with Crippen LogP contribution < -0.4 is 0 Å². The van der Waals surface area contributed by atoms with Crippen molar-refractivity contribution in [2.24, 2.45) is 5.92 Å². The van der Waals surface area contributed by atoms with E-state index in [0.717, 1.165) is 12.8 Å². The Kier molecular flexibility index (Phi) is 6.51. The normalized spacial score (nSPS) is 23.1. The average molecular weight is 278 g/mol. The van der Waals surface area contributed by atoms with Gasteiger partial charge in [0.25, 0.3) is 0 Å². The Morgan fingerprint density at radius 1 is 1.05 bits per heavy atom. The molecule has 112 valence electrons. The van der Waals surface area contributed by atoms with E-state index < -0.39 is 0 Å². The van der Waals surface area contributed by atoms with Gasteiger partial charge in [0.1, 0.15) is 0 Å². The number of ether oxygens (including phenoxy) is 3. The molecule has 0 aromatic heterocycles. The summed E-state index contributed by atoms with van der Waals surface area (Å²) in [7, 11) is 3.41. The molecule has 0 bridgehead atoms. The molecule has 0 radical (unpaired) electrons. The molecule has 1 aromatic carbocycles. The Morgan fingerprint density at radius 2 is 1.75 bits per heavy atom. The van der Waals surface area contributed by atoms with Crippen molar-refractivity contribution < 1.29 is 14.2 Å². The van der Waals surface area contributed by atoms with Crippen molar-refractivity contribution in [1.82, 2.24) is 0 Å². The number of hydrogen-bond acceptors (Lipinski definition) is 3. The van der Waals surface area contributed by atoms with Crippen molar-refractivity contribution in [2.75, 3.05) is 14.2 Å². The number of hydrogen-bond donors (Lipinski definition) is 0. The van der Waals surface area contributed by atoms with Crippen molar-refractivity contribution >= 4 is 0 Å². The minimum atomic E-state index is -0.110. The maximum Gasteiger partial charge on any atom is 0.157 e. The van der Waals surface area contributed by atoms with Crippen molar-refractivity contribution in [3.05, 3.63) is 35.9 Å². The summed E-state index contributed by atoms with van der Waals surface area (Å²) in [5.74, 6) is 0.539. The first-order valence-corrected chi connectivity index (χ1v) is 7.54. The molecule has 1 saturated carbocycles. The number of methoxy groups -OCH3 is 2. The summed E-state index contributed by atoms with van der Waals surface area (Å²) in [6.07, 6.45) is 6.06. The largest absolute Gasteiger partial charge is 0.373 e. The van der Waals surface area contributed by atoms with Crippen molar-refractivity contribution in [2.45, 2.75) is 51.1 Å². The molecule has 1 aliphatic rings. The topological polar surface area (TPSA) is 27.7 Å². The highest BCUT2D eigenvalue weighted by Gasteiger charge is 2.28. The maximum absolute atomic E-state index is 6.16. The lowest BCUT2D eigenvalue weighted by molar-refractivity contribution is -0.131. The first kappa shape index (κ1) is 15.5. The molecule has 0 heterocycles. The molecule has 2 rings (SSSR count). The highest BCUT2D eigenvalue weighted by atomic mass is 16.7. The monoisotopic (exact) mass is 278 g/mol. The highest BCUT2D eigenvalue weighted by Crippen LogP contribution is 2.31. The molecule has 1 fully saturated rings. The molecule has 0 unspecified atom stereocenters. The minimum absolute atomic E-state index is 0.110. The van der Waals surface area contributed by atoms with E-state index in [1.807, 2.05) is 6.07 Å². The van der Waals surface area contributed by atoms with Gasteiger partial charge in [0.2, 0.25) is 0 Å². The minimum Gasteiger partial charge on any atom is -0.373 e. The third kappa shape index (κ3) is 4.58. The average Bonchev–Trinajstić information content (AvgIpc) is 2.52. The summed E-state index contributed by atoms with van der Waals surface area (Å²) < 4.78 is 16.8. The quantitative estimate of drug-likeness (QED) is 0.711. The predicted octanol–water partition coefficient (Wildman–Crippen LogP) is 3.77. The van der Waals surface area contributed by atoms with Crippen molar-refractivity contribution in [3.63, 3.8) is 0 Å². The van der Waals surface area contributed by atoms with Crippen LogP contribution in [0.5, 0.6) is 0 Å². The van der Waals surface area contributed by atoms with Gasteiger partial charge in [-0.2, -0.15) is 0 Å². The summed E-state index contributed by atoms with van der Waals surface area (Å²) in [6, 6.07) is 10.4. The van der Waals surface area contributed by atoms with Gasteiger partial charge in [-0.15, -0.1) is 0 Å². The van der Waals surface area contributed by atoms with E-state index in [0.29, 0.717) is 18.6 Å². The molecule has 0 aliphatic heterocycles. The Labute approximate surface area is 122 Å². The second-order valence-corrected chi connectivity index (χ2v) is 5.52. The van der Waals surface area contributed by atoms with Crippen LogP contribution in [0, 0.1) is 5.92 Å². The zero-order valence-electron chi connectivity index (χ0n) is 12.6. The van der Waals surface area contributed by atoms with Gasteiger partial charge < -0.3 is 14.2 Å². The molecule has 1 aromatic rings. The maximum atomic E-state index is 6.16. The van der Waals surface area contributed by atoms with E-state index >= 15 is 0 Å². The molecule has 0 amide bonds. The SMILES string of the molecule is COC(C[C@H]1CCCC[C@H]1OCc1ccccc1)OC. The molecule has 20 heavy (non-hydrogen) atoms. The highest BCUT2D eigenvalue weighted by molar-refractivity contribution is 5.13. The van der Waals surface area contributed by atoms with E-state index in [1.54, 1.807) is 14.2 Å². The number of benzene rings is 1. The zero-order valence-corrected chi connectivity index (χ0v) is 12.6. The molecule has 2 atom stereocenters. The first-order valence-electron chi connectivity index (χ1n) is 7.54. The second-order valence-electron chi connectivity index (χ2n) is 5.52. The first-order chi connectivity index (χ1) is 9.83. The lowest BCUT2D eigenvalue weighted by Gasteiger charge is -2.33. The lowest BCUT2D eigenvalue weighted by atomic mass is 9.84. The molecule has 0 saturated heterocycles. The molecule has 3 heteroatoms. The van der Waals surface area contributed by atoms with Crippen LogP contribution in [0.1, 0.15) is 37.7 Å². The Bertz CT molecular complexity index is 362. The van der Waals surface area contributed by atoms with Gasteiger partial charge in [0, 0.05) is 20.6 Å². The van der Waals surface area contributed by atoms with Crippen LogP contribution >= 0.6 is 0 Å². The van der Waals surface area contributed by atoms with Gasteiger partial charge in [-0.25, -0.2) is 0 Å². The van der Waals surface area contributed by atoms with Crippen LogP contribution in [0.25, 0.3) is 0 Å². The fourth-order valence-corrected chi connectivity index (χ4v) is 2.98. The second kappa shape index (κ2) is 8.40. The fraction of sp³-hybridized carbons (Fsp3) is 0.647. The molecule has 0 spiro atoms. The Balaban J connectivity index is 1.86. The predicted molar refractivity (Wildman–Crippen MR) is 79.4 cm³/mol. The van der Waals surface area contributed by atoms with E-state index in [1.165, 1.54) is 24.8 Å². The van der Waals surface area contributed by atoms with Crippen LogP contribution in [0.4, 0.5) is 0 Å². The Hall–Kier alpha value is -0.900. The standard InChI is InChI=1S/C17H26O3/c1-18-17(19-2)12-15-10-6-7-11-16(15)20-13-14-8-4-3-5-9-14/h3-5,8-9,15-17H,6-7,10-13H2,1-2H3/t15-,16-/m1/s1. The molecule has 1 aliphatic carbocycles. The summed E-state index contributed by atoms with van der Waals surface area (Å²) in [6.45, 7) is 0.701. The number of rotatable bonds is 7. The van der Waals surface area contributed by atoms with Crippen LogP contribution in [0.15, 0.2) is 30.3 Å². The lowest BCUT2D eigenvalue weighted by Crippen LogP contribution is -2.31. The van der Waals surface area contributed by atoms with E-state index in [9.17, 15) is 0 Å². The van der Waals surface area contributed by atoms with Gasteiger partial charge in [0.15, 0.2) is 6.29 Å². The van der Waals surface area contributed by atoms with Crippen LogP contribution in [0.3, 0.4) is 0 Å². The van der Waals surface area contributed by atoms with Gasteiger partial charge in [-0.05, 0) is 24.3 Å². The zero-order chi connectivity index (χ0) is 14.2. The van der Waals surface area contributed by atoms with Crippen LogP contribution in [0.2, 0.25) is 0 Å². The third-order valence-corrected chi connectivity index (χ3v) is 4.17. The fourth-order valence-electron chi connectivity index (χ4n) is 2.98. The molecule has 0 N–H and O–H groups in total. The molecule has 3 nitrogen and oxygen atoms in total. The smallest absolute Gasteiger partial charge is 0.157 e. The molecular formula is C17H26O3. The summed E-state index contributed by atoms with van der Waals surface area (Å²) in [5.41, 5.74) is 1.24. The summed E-state index contributed by atoms with van der Waals surface area (Å²) in [4.78, 5) is 0.